The SMILES string of the molecule is CCCCCCOc1cccc(NC(=S)NC(=O)c2ccc(OC(C)C)c(Br)c2)c1. The number of nitrogens with one attached hydrogen (secondary N) is 2. The maximum atomic E-state index is 12.5. The van der Waals surface area contributed by atoms with Gasteiger partial charge in [-0.05, 0) is 78.7 Å². The molecule has 0 heterocycles. The van der Waals surface area contributed by atoms with Crippen LogP contribution in [0.5, 0.6) is 11.5 Å². The van der Waals surface area contributed by atoms with Crippen LogP contribution in [0.4, 0.5) is 5.69 Å². The van der Waals surface area contributed by atoms with E-state index in [9.17, 15) is 4.79 Å². The Balaban J connectivity index is 1.88. The van der Waals surface area contributed by atoms with Crippen molar-refractivity contribution in [3.05, 3.63) is 52.5 Å². The molecule has 0 aromatic heterocycles. The van der Waals surface area contributed by atoms with Gasteiger partial charge < -0.3 is 14.8 Å². The van der Waals surface area contributed by atoms with Crippen LogP contribution in [0.25, 0.3) is 0 Å². The van der Waals surface area contributed by atoms with Crippen LogP contribution in [0.15, 0.2) is 46.9 Å². The van der Waals surface area contributed by atoms with E-state index in [0.29, 0.717) is 22.4 Å². The number of anilines is 1. The van der Waals surface area contributed by atoms with Gasteiger partial charge in [-0.25, -0.2) is 0 Å². The first-order chi connectivity index (χ1) is 14.4. The molecule has 162 valence electrons. The van der Waals surface area contributed by atoms with Gasteiger partial charge in [0.1, 0.15) is 11.5 Å². The first-order valence-electron chi connectivity index (χ1n) is 10.2. The lowest BCUT2D eigenvalue weighted by Gasteiger charge is -2.13. The lowest BCUT2D eigenvalue weighted by Crippen LogP contribution is -2.34. The average Bonchev–Trinajstić information content (AvgIpc) is 2.69. The zero-order valence-electron chi connectivity index (χ0n) is 17.7. The third kappa shape index (κ3) is 8.32. The number of carbonyl (C=O) groups excluding carboxylic acids is 1. The Morgan fingerprint density at radius 1 is 1.13 bits per heavy atom. The van der Waals surface area contributed by atoms with E-state index in [2.05, 4.69) is 33.5 Å². The van der Waals surface area contributed by atoms with Crippen molar-refractivity contribution in [1.29, 1.82) is 0 Å². The quantitative estimate of drug-likeness (QED) is 0.300. The van der Waals surface area contributed by atoms with Crippen LogP contribution >= 0.6 is 28.1 Å². The van der Waals surface area contributed by atoms with E-state index in [4.69, 9.17) is 21.7 Å². The second-order valence-corrected chi connectivity index (χ2v) is 8.42. The molecule has 0 atom stereocenters. The smallest absolute Gasteiger partial charge is 0.257 e. The molecule has 0 radical (unpaired) electrons. The Bertz CT molecular complexity index is 858. The number of hydrogen-bond acceptors (Lipinski definition) is 4. The summed E-state index contributed by atoms with van der Waals surface area (Å²) in [5.74, 6) is 1.16. The van der Waals surface area contributed by atoms with Crippen molar-refractivity contribution in [3.63, 3.8) is 0 Å². The van der Waals surface area contributed by atoms with Crippen LogP contribution < -0.4 is 20.1 Å². The number of carbonyl (C=O) groups is 1. The van der Waals surface area contributed by atoms with E-state index >= 15 is 0 Å². The molecule has 2 aromatic rings. The number of halogens is 1. The van der Waals surface area contributed by atoms with Crippen LogP contribution in [0.2, 0.25) is 0 Å². The fraction of sp³-hybridized carbons (Fsp3) is 0.391. The predicted octanol–water partition coefficient (Wildman–Crippen LogP) is 6.32. The van der Waals surface area contributed by atoms with Gasteiger partial charge in [0.2, 0.25) is 0 Å². The summed E-state index contributed by atoms with van der Waals surface area (Å²) < 4.78 is 12.2. The van der Waals surface area contributed by atoms with E-state index in [1.807, 2.05) is 38.1 Å². The highest BCUT2D eigenvalue weighted by Crippen LogP contribution is 2.27. The summed E-state index contributed by atoms with van der Waals surface area (Å²) in [7, 11) is 0. The summed E-state index contributed by atoms with van der Waals surface area (Å²) in [5.41, 5.74) is 1.24. The summed E-state index contributed by atoms with van der Waals surface area (Å²) in [6, 6.07) is 12.7. The molecule has 0 saturated heterocycles. The van der Waals surface area contributed by atoms with E-state index in [0.717, 1.165) is 17.9 Å². The predicted molar refractivity (Wildman–Crippen MR) is 130 cm³/mol. The summed E-state index contributed by atoms with van der Waals surface area (Å²) in [6.45, 7) is 6.77. The van der Waals surface area contributed by atoms with E-state index < -0.39 is 0 Å². The second-order valence-electron chi connectivity index (χ2n) is 7.16. The van der Waals surface area contributed by atoms with E-state index in [1.54, 1.807) is 18.2 Å². The van der Waals surface area contributed by atoms with Crippen LogP contribution in [-0.4, -0.2) is 23.7 Å². The summed E-state index contributed by atoms with van der Waals surface area (Å²) in [6.07, 6.45) is 4.69. The largest absolute Gasteiger partial charge is 0.494 e. The van der Waals surface area contributed by atoms with Gasteiger partial charge in [-0.3, -0.25) is 10.1 Å². The van der Waals surface area contributed by atoms with E-state index in [-0.39, 0.29) is 17.1 Å². The normalized spacial score (nSPS) is 10.6. The summed E-state index contributed by atoms with van der Waals surface area (Å²) in [5, 5.41) is 5.95. The minimum atomic E-state index is -0.298. The molecule has 30 heavy (non-hydrogen) atoms. The van der Waals surface area contributed by atoms with Gasteiger partial charge in [-0.1, -0.05) is 32.3 Å². The highest BCUT2D eigenvalue weighted by atomic mass is 79.9. The van der Waals surface area contributed by atoms with Gasteiger partial charge in [0.25, 0.3) is 5.91 Å². The Morgan fingerprint density at radius 2 is 1.93 bits per heavy atom. The highest BCUT2D eigenvalue weighted by Gasteiger charge is 2.12. The van der Waals surface area contributed by atoms with Crippen molar-refractivity contribution < 1.29 is 14.3 Å². The maximum Gasteiger partial charge on any atom is 0.257 e. The van der Waals surface area contributed by atoms with Crippen molar-refractivity contribution in [2.75, 3.05) is 11.9 Å². The molecule has 2 N–H and O–H groups in total. The van der Waals surface area contributed by atoms with Gasteiger partial charge in [-0.2, -0.15) is 0 Å². The first kappa shape index (κ1) is 24.2. The van der Waals surface area contributed by atoms with Crippen LogP contribution in [-0.2, 0) is 0 Å². The number of unbranched alkanes of at least 4 members (excludes halogenated alkanes) is 3. The Morgan fingerprint density at radius 3 is 2.63 bits per heavy atom. The van der Waals surface area contributed by atoms with E-state index in [1.165, 1.54) is 19.3 Å². The molecular formula is C23H29BrN2O3S. The first-order valence-corrected chi connectivity index (χ1v) is 11.4. The zero-order chi connectivity index (χ0) is 21.9. The standard InChI is InChI=1S/C23H29BrN2O3S/c1-4-5-6-7-13-28-19-10-8-9-18(15-19)25-23(30)26-22(27)17-11-12-21(20(24)14-17)29-16(2)3/h8-12,14-16H,4-7,13H2,1-3H3,(H2,25,26,27,30). The zero-order valence-corrected chi connectivity index (χ0v) is 20.1. The van der Waals surface area contributed by atoms with Crippen molar-refractivity contribution in [2.24, 2.45) is 0 Å². The molecule has 5 nitrogen and oxygen atoms in total. The Hall–Kier alpha value is -2.12. The third-order valence-electron chi connectivity index (χ3n) is 4.14. The van der Waals surface area contributed by atoms with Crippen molar-refractivity contribution in [1.82, 2.24) is 5.32 Å². The van der Waals surface area contributed by atoms with Gasteiger partial charge in [0.05, 0.1) is 17.2 Å². The molecule has 0 bridgehead atoms. The van der Waals surface area contributed by atoms with Crippen molar-refractivity contribution >= 4 is 44.9 Å². The second kappa shape index (κ2) is 12.5. The van der Waals surface area contributed by atoms with Crippen molar-refractivity contribution in [2.45, 2.75) is 52.6 Å². The van der Waals surface area contributed by atoms with Crippen molar-refractivity contribution in [3.8, 4) is 11.5 Å². The van der Waals surface area contributed by atoms with Crippen LogP contribution in [0.1, 0.15) is 56.8 Å². The van der Waals surface area contributed by atoms with Gasteiger partial charge in [-0.15, -0.1) is 0 Å². The Labute approximate surface area is 192 Å². The number of ether oxygens (including phenoxy) is 2. The molecule has 0 aliphatic carbocycles. The topological polar surface area (TPSA) is 59.6 Å². The molecule has 2 rings (SSSR count). The van der Waals surface area contributed by atoms with Crippen LogP contribution in [0.3, 0.4) is 0 Å². The molecule has 0 saturated carbocycles. The number of thiocarbonyl (C=S) groups is 1. The molecule has 0 unspecified atom stereocenters. The van der Waals surface area contributed by atoms with Crippen LogP contribution in [0, 0.1) is 0 Å². The molecular weight excluding hydrogens is 464 g/mol. The summed E-state index contributed by atoms with van der Waals surface area (Å²) in [4.78, 5) is 12.5. The summed E-state index contributed by atoms with van der Waals surface area (Å²) >= 11 is 8.73. The Kier molecular flexibility index (Phi) is 10.1. The fourth-order valence-electron chi connectivity index (χ4n) is 2.71. The third-order valence-corrected chi connectivity index (χ3v) is 4.97. The molecule has 1 amide bonds. The molecule has 0 aliphatic heterocycles. The average molecular weight is 493 g/mol. The molecule has 2 aromatic carbocycles. The van der Waals surface area contributed by atoms with Gasteiger partial charge >= 0.3 is 0 Å². The lowest BCUT2D eigenvalue weighted by molar-refractivity contribution is 0.0977. The highest BCUT2D eigenvalue weighted by molar-refractivity contribution is 9.10. The number of amides is 1. The fourth-order valence-corrected chi connectivity index (χ4v) is 3.39. The van der Waals surface area contributed by atoms with Gasteiger partial charge in [0, 0.05) is 17.3 Å². The molecule has 0 aliphatic rings. The maximum absolute atomic E-state index is 12.5. The lowest BCUT2D eigenvalue weighted by atomic mass is 10.2. The number of benzene rings is 2. The van der Waals surface area contributed by atoms with Gasteiger partial charge in [0.15, 0.2) is 5.11 Å². The molecule has 7 heteroatoms. The molecule has 0 spiro atoms. The number of rotatable bonds is 10. The number of hydrogen-bond donors (Lipinski definition) is 2. The molecule has 0 fully saturated rings. The monoisotopic (exact) mass is 492 g/mol. The minimum absolute atomic E-state index is 0.0498. The minimum Gasteiger partial charge on any atom is -0.494 e.